The van der Waals surface area contributed by atoms with Crippen LogP contribution in [0.25, 0.3) is 0 Å². The highest BCUT2D eigenvalue weighted by Crippen LogP contribution is 2.35. The van der Waals surface area contributed by atoms with Gasteiger partial charge < -0.3 is 13.9 Å². The first-order valence-corrected chi connectivity index (χ1v) is 6.70. The van der Waals surface area contributed by atoms with E-state index >= 15 is 0 Å². The second kappa shape index (κ2) is 6.36. The molecule has 2 rings (SSSR count). The largest absolute Gasteiger partial charge is 0.496 e. The molecule has 0 spiro atoms. The lowest BCUT2D eigenvalue weighted by molar-refractivity contribution is -0.139. The third-order valence-electron chi connectivity index (χ3n) is 3.42. The predicted octanol–water partition coefficient (Wildman–Crippen LogP) is 4.28. The molecule has 0 radical (unpaired) electrons. The van der Waals surface area contributed by atoms with Crippen LogP contribution in [0.15, 0.2) is 28.9 Å². The monoisotopic (exact) mass is 328 g/mol. The standard InChI is InChI=1S/C16H15F3O4/c1-9-5-4-6-13(21-3)14(9)15(20)23-7-11-10(2)22-8-12(11)16(17,18)19/h4-6,8H,7H2,1-3H3. The zero-order chi connectivity index (χ0) is 17.2. The van der Waals surface area contributed by atoms with Crippen LogP contribution in [0.3, 0.4) is 0 Å². The Balaban J connectivity index is 2.23. The summed E-state index contributed by atoms with van der Waals surface area (Å²) in [6.45, 7) is 2.53. The number of alkyl halides is 3. The average Bonchev–Trinajstić information content (AvgIpc) is 2.85. The van der Waals surface area contributed by atoms with Crippen LogP contribution in [-0.2, 0) is 17.5 Å². The van der Waals surface area contributed by atoms with Crippen molar-refractivity contribution in [3.05, 3.63) is 52.5 Å². The van der Waals surface area contributed by atoms with Gasteiger partial charge in [0, 0.05) is 5.56 Å². The van der Waals surface area contributed by atoms with E-state index in [0.717, 1.165) is 0 Å². The first-order valence-electron chi connectivity index (χ1n) is 6.70. The molecule has 1 heterocycles. The van der Waals surface area contributed by atoms with Crippen molar-refractivity contribution in [2.24, 2.45) is 0 Å². The van der Waals surface area contributed by atoms with E-state index in [-0.39, 0.29) is 16.9 Å². The number of methoxy groups -OCH3 is 1. The van der Waals surface area contributed by atoms with Crippen molar-refractivity contribution in [1.29, 1.82) is 0 Å². The summed E-state index contributed by atoms with van der Waals surface area (Å²) in [5, 5.41) is 0. The van der Waals surface area contributed by atoms with E-state index in [0.29, 0.717) is 17.6 Å². The van der Waals surface area contributed by atoms with Crippen molar-refractivity contribution in [1.82, 2.24) is 0 Å². The van der Waals surface area contributed by atoms with Crippen LogP contribution in [0.4, 0.5) is 13.2 Å². The van der Waals surface area contributed by atoms with Gasteiger partial charge in [-0.2, -0.15) is 13.2 Å². The normalized spacial score (nSPS) is 11.4. The molecular weight excluding hydrogens is 313 g/mol. The van der Waals surface area contributed by atoms with E-state index in [2.05, 4.69) is 0 Å². The highest BCUT2D eigenvalue weighted by Gasteiger charge is 2.36. The molecule has 0 amide bonds. The average molecular weight is 328 g/mol. The summed E-state index contributed by atoms with van der Waals surface area (Å²) in [5.41, 5.74) is -0.350. The number of hydrogen-bond donors (Lipinski definition) is 0. The summed E-state index contributed by atoms with van der Waals surface area (Å²) in [4.78, 5) is 12.2. The van der Waals surface area contributed by atoms with Gasteiger partial charge >= 0.3 is 12.1 Å². The zero-order valence-electron chi connectivity index (χ0n) is 12.8. The van der Waals surface area contributed by atoms with Gasteiger partial charge in [0.1, 0.15) is 35.5 Å². The number of ether oxygens (including phenoxy) is 2. The fourth-order valence-corrected chi connectivity index (χ4v) is 2.18. The van der Waals surface area contributed by atoms with E-state index in [1.807, 2.05) is 0 Å². The van der Waals surface area contributed by atoms with Gasteiger partial charge in [-0.05, 0) is 25.5 Å². The van der Waals surface area contributed by atoms with E-state index in [1.165, 1.54) is 14.0 Å². The van der Waals surface area contributed by atoms with Gasteiger partial charge in [0.2, 0.25) is 0 Å². The number of rotatable bonds is 4. The quantitative estimate of drug-likeness (QED) is 0.786. The maximum absolute atomic E-state index is 12.9. The van der Waals surface area contributed by atoms with Crippen LogP contribution >= 0.6 is 0 Å². The van der Waals surface area contributed by atoms with Crippen molar-refractivity contribution in [3.8, 4) is 5.75 Å². The molecule has 0 aliphatic rings. The predicted molar refractivity (Wildman–Crippen MR) is 75.3 cm³/mol. The molecule has 0 aliphatic heterocycles. The molecule has 0 atom stereocenters. The fraction of sp³-hybridized carbons (Fsp3) is 0.312. The van der Waals surface area contributed by atoms with Crippen molar-refractivity contribution < 1.29 is 31.9 Å². The molecule has 1 aromatic carbocycles. The zero-order valence-corrected chi connectivity index (χ0v) is 12.8. The Kier molecular flexibility index (Phi) is 4.68. The first-order chi connectivity index (χ1) is 10.8. The highest BCUT2D eigenvalue weighted by atomic mass is 19.4. The van der Waals surface area contributed by atoms with Crippen molar-refractivity contribution in [2.75, 3.05) is 7.11 Å². The molecule has 0 aliphatic carbocycles. The lowest BCUT2D eigenvalue weighted by atomic mass is 10.1. The molecule has 0 N–H and O–H groups in total. The number of esters is 1. The van der Waals surface area contributed by atoms with Gasteiger partial charge in [-0.25, -0.2) is 4.79 Å². The Labute approximate surface area is 130 Å². The Hall–Kier alpha value is -2.44. The number of furan rings is 1. The Morgan fingerprint density at radius 1 is 1.26 bits per heavy atom. The van der Waals surface area contributed by atoms with Crippen molar-refractivity contribution in [2.45, 2.75) is 26.6 Å². The van der Waals surface area contributed by atoms with E-state index in [1.54, 1.807) is 25.1 Å². The summed E-state index contributed by atoms with van der Waals surface area (Å²) in [6, 6.07) is 4.96. The Morgan fingerprint density at radius 3 is 2.57 bits per heavy atom. The van der Waals surface area contributed by atoms with Crippen LogP contribution < -0.4 is 4.74 Å². The van der Waals surface area contributed by atoms with E-state index in [9.17, 15) is 18.0 Å². The van der Waals surface area contributed by atoms with Crippen LogP contribution in [0.5, 0.6) is 5.75 Å². The van der Waals surface area contributed by atoms with Crippen LogP contribution in [-0.4, -0.2) is 13.1 Å². The van der Waals surface area contributed by atoms with Crippen molar-refractivity contribution >= 4 is 5.97 Å². The van der Waals surface area contributed by atoms with Gasteiger partial charge in [0.05, 0.1) is 7.11 Å². The van der Waals surface area contributed by atoms with Crippen LogP contribution in [0, 0.1) is 13.8 Å². The van der Waals surface area contributed by atoms with E-state index in [4.69, 9.17) is 13.9 Å². The lowest BCUT2D eigenvalue weighted by Crippen LogP contribution is -2.12. The second-order valence-corrected chi connectivity index (χ2v) is 4.91. The SMILES string of the molecule is COc1cccc(C)c1C(=O)OCc1c(C(F)(F)F)coc1C. The number of carbonyl (C=O) groups is 1. The lowest BCUT2D eigenvalue weighted by Gasteiger charge is -2.12. The number of carbonyl (C=O) groups excluding carboxylic acids is 1. The topological polar surface area (TPSA) is 48.7 Å². The fourth-order valence-electron chi connectivity index (χ4n) is 2.18. The van der Waals surface area contributed by atoms with Gasteiger partial charge in [0.15, 0.2) is 0 Å². The summed E-state index contributed by atoms with van der Waals surface area (Å²) in [7, 11) is 1.40. The molecule has 0 unspecified atom stereocenters. The molecular formula is C16H15F3O4. The Morgan fingerprint density at radius 2 is 1.96 bits per heavy atom. The minimum Gasteiger partial charge on any atom is -0.496 e. The molecule has 0 fully saturated rings. The summed E-state index contributed by atoms with van der Waals surface area (Å²) in [5.74, 6) is -0.398. The molecule has 124 valence electrons. The van der Waals surface area contributed by atoms with Crippen molar-refractivity contribution in [3.63, 3.8) is 0 Å². The van der Waals surface area contributed by atoms with Gasteiger partial charge in [0.25, 0.3) is 0 Å². The van der Waals surface area contributed by atoms with Crippen LogP contribution in [0.2, 0.25) is 0 Å². The minimum absolute atomic E-state index is 0.0573. The van der Waals surface area contributed by atoms with Crippen LogP contribution in [0.1, 0.15) is 32.8 Å². The molecule has 23 heavy (non-hydrogen) atoms. The first kappa shape index (κ1) is 16.9. The third kappa shape index (κ3) is 3.49. The summed E-state index contributed by atoms with van der Waals surface area (Å²) in [6.07, 6.45) is -3.95. The van der Waals surface area contributed by atoms with Gasteiger partial charge in [-0.3, -0.25) is 0 Å². The van der Waals surface area contributed by atoms with Gasteiger partial charge in [-0.15, -0.1) is 0 Å². The summed E-state index contributed by atoms with van der Waals surface area (Å²) >= 11 is 0. The smallest absolute Gasteiger partial charge is 0.419 e. The molecule has 0 saturated carbocycles. The molecule has 0 bridgehead atoms. The summed E-state index contributed by atoms with van der Waals surface area (Å²) < 4.78 is 53.5. The number of hydrogen-bond acceptors (Lipinski definition) is 4. The minimum atomic E-state index is -4.57. The number of benzene rings is 1. The maximum atomic E-state index is 12.9. The third-order valence-corrected chi connectivity index (χ3v) is 3.42. The molecule has 7 heteroatoms. The molecule has 0 saturated heterocycles. The number of halogens is 3. The van der Waals surface area contributed by atoms with Gasteiger partial charge in [-0.1, -0.05) is 12.1 Å². The molecule has 1 aromatic heterocycles. The molecule has 2 aromatic rings. The highest BCUT2D eigenvalue weighted by molar-refractivity contribution is 5.94. The maximum Gasteiger partial charge on any atom is 0.419 e. The second-order valence-electron chi connectivity index (χ2n) is 4.91. The number of aryl methyl sites for hydroxylation is 2. The van der Waals surface area contributed by atoms with E-state index < -0.39 is 24.3 Å². The molecule has 4 nitrogen and oxygen atoms in total. The Bertz CT molecular complexity index is 717.